The van der Waals surface area contributed by atoms with E-state index in [9.17, 15) is 0 Å². The van der Waals surface area contributed by atoms with Crippen molar-refractivity contribution in [3.05, 3.63) is 29.8 Å². The molecular weight excluding hydrogens is 174 g/mol. The zero-order chi connectivity index (χ0) is 9.54. The van der Waals surface area contributed by atoms with E-state index >= 15 is 0 Å². The van der Waals surface area contributed by atoms with E-state index in [2.05, 4.69) is 36.1 Å². The average molecular weight is 189 g/mol. The SMILES string of the molecule is Cc1cccc(N2CC3CC2CO3)c1. The summed E-state index contributed by atoms with van der Waals surface area (Å²) in [6.07, 6.45) is 1.70. The number of benzene rings is 1. The third-order valence-corrected chi connectivity index (χ3v) is 3.23. The molecule has 0 radical (unpaired) electrons. The van der Waals surface area contributed by atoms with Crippen LogP contribution in [0, 0.1) is 6.92 Å². The van der Waals surface area contributed by atoms with Crippen molar-refractivity contribution in [3.8, 4) is 0 Å². The lowest BCUT2D eigenvalue weighted by molar-refractivity contribution is 0.0991. The quantitative estimate of drug-likeness (QED) is 0.669. The van der Waals surface area contributed by atoms with E-state index in [1.165, 1.54) is 17.7 Å². The standard InChI is InChI=1S/C12H15NO/c1-9-3-2-4-10(5-9)13-7-12-6-11(13)8-14-12/h2-5,11-12H,6-8H2,1H3. The van der Waals surface area contributed by atoms with Crippen LogP contribution in [0.4, 0.5) is 5.69 Å². The molecule has 2 fully saturated rings. The first-order valence-corrected chi connectivity index (χ1v) is 5.28. The molecule has 0 aliphatic carbocycles. The third kappa shape index (κ3) is 1.22. The lowest BCUT2D eigenvalue weighted by atomic mass is 10.2. The van der Waals surface area contributed by atoms with Crippen molar-refractivity contribution in [2.24, 2.45) is 0 Å². The maximum atomic E-state index is 5.59. The molecule has 1 aromatic rings. The summed E-state index contributed by atoms with van der Waals surface area (Å²) in [5.41, 5.74) is 2.70. The van der Waals surface area contributed by atoms with Gasteiger partial charge in [0, 0.05) is 12.2 Å². The molecule has 74 valence electrons. The molecule has 2 unspecified atom stereocenters. The maximum Gasteiger partial charge on any atom is 0.0771 e. The fraction of sp³-hybridized carbons (Fsp3) is 0.500. The second-order valence-electron chi connectivity index (χ2n) is 4.34. The van der Waals surface area contributed by atoms with Crippen LogP contribution in [0.2, 0.25) is 0 Å². The van der Waals surface area contributed by atoms with Crippen LogP contribution in [0.1, 0.15) is 12.0 Å². The molecule has 2 bridgehead atoms. The summed E-state index contributed by atoms with van der Waals surface area (Å²) >= 11 is 0. The van der Waals surface area contributed by atoms with Crippen LogP contribution in [0.15, 0.2) is 24.3 Å². The number of morpholine rings is 1. The summed E-state index contributed by atoms with van der Waals surface area (Å²) < 4.78 is 5.59. The molecule has 1 aromatic carbocycles. The number of hydrogen-bond donors (Lipinski definition) is 0. The number of nitrogens with zero attached hydrogens (tertiary/aromatic N) is 1. The minimum absolute atomic E-state index is 0.487. The van der Waals surface area contributed by atoms with Crippen LogP contribution in [0.3, 0.4) is 0 Å². The van der Waals surface area contributed by atoms with Crippen LogP contribution >= 0.6 is 0 Å². The summed E-state index contributed by atoms with van der Waals surface area (Å²) in [4.78, 5) is 2.49. The van der Waals surface area contributed by atoms with Gasteiger partial charge in [-0.1, -0.05) is 12.1 Å². The Morgan fingerprint density at radius 2 is 2.36 bits per heavy atom. The van der Waals surface area contributed by atoms with Gasteiger partial charge in [-0.3, -0.25) is 0 Å². The highest BCUT2D eigenvalue weighted by Crippen LogP contribution is 2.32. The third-order valence-electron chi connectivity index (χ3n) is 3.23. The van der Waals surface area contributed by atoms with Crippen molar-refractivity contribution in [2.45, 2.75) is 25.5 Å². The van der Waals surface area contributed by atoms with E-state index < -0.39 is 0 Å². The van der Waals surface area contributed by atoms with Crippen LogP contribution in [-0.4, -0.2) is 25.3 Å². The fourth-order valence-corrected chi connectivity index (χ4v) is 2.52. The molecule has 2 aliphatic rings. The van der Waals surface area contributed by atoms with Gasteiger partial charge in [0.15, 0.2) is 0 Å². The molecule has 3 rings (SSSR count). The molecule has 0 amide bonds. The second kappa shape index (κ2) is 2.99. The van der Waals surface area contributed by atoms with Crippen molar-refractivity contribution in [3.63, 3.8) is 0 Å². The Morgan fingerprint density at radius 1 is 1.43 bits per heavy atom. The van der Waals surface area contributed by atoms with E-state index in [-0.39, 0.29) is 0 Å². The molecule has 2 heteroatoms. The van der Waals surface area contributed by atoms with Gasteiger partial charge in [-0.2, -0.15) is 0 Å². The first-order chi connectivity index (χ1) is 6.83. The van der Waals surface area contributed by atoms with E-state index in [1.807, 2.05) is 0 Å². The number of rotatable bonds is 1. The predicted molar refractivity (Wildman–Crippen MR) is 56.7 cm³/mol. The Hall–Kier alpha value is -1.02. The Morgan fingerprint density at radius 3 is 3.00 bits per heavy atom. The Balaban J connectivity index is 1.89. The molecular formula is C12H15NO. The van der Waals surface area contributed by atoms with E-state index in [4.69, 9.17) is 4.74 Å². The van der Waals surface area contributed by atoms with E-state index in [0.29, 0.717) is 12.1 Å². The molecule has 0 N–H and O–H groups in total. The first kappa shape index (κ1) is 8.30. The van der Waals surface area contributed by atoms with Gasteiger partial charge >= 0.3 is 0 Å². The van der Waals surface area contributed by atoms with Gasteiger partial charge in [0.1, 0.15) is 0 Å². The summed E-state index contributed by atoms with van der Waals surface area (Å²) in [5.74, 6) is 0. The Kier molecular flexibility index (Phi) is 1.77. The molecule has 14 heavy (non-hydrogen) atoms. The molecule has 0 aromatic heterocycles. The monoisotopic (exact) mass is 189 g/mol. The molecule has 2 saturated heterocycles. The predicted octanol–water partition coefficient (Wildman–Crippen LogP) is 1.97. The van der Waals surface area contributed by atoms with Crippen molar-refractivity contribution in [1.29, 1.82) is 0 Å². The lowest BCUT2D eigenvalue weighted by Gasteiger charge is -2.29. The van der Waals surface area contributed by atoms with Gasteiger partial charge in [-0.05, 0) is 31.0 Å². The molecule has 0 saturated carbocycles. The maximum absolute atomic E-state index is 5.59. The average Bonchev–Trinajstić information content (AvgIpc) is 2.78. The largest absolute Gasteiger partial charge is 0.374 e. The summed E-state index contributed by atoms with van der Waals surface area (Å²) in [5, 5.41) is 0. The van der Waals surface area contributed by atoms with Gasteiger partial charge in [0.05, 0.1) is 18.8 Å². The fourth-order valence-electron chi connectivity index (χ4n) is 2.52. The Labute approximate surface area is 84.5 Å². The highest BCUT2D eigenvalue weighted by molar-refractivity contribution is 5.51. The normalized spacial score (nSPS) is 29.9. The summed E-state index contributed by atoms with van der Waals surface area (Å²) in [6.45, 7) is 4.14. The van der Waals surface area contributed by atoms with E-state index in [0.717, 1.165) is 13.2 Å². The lowest BCUT2D eigenvalue weighted by Crippen LogP contribution is -2.36. The van der Waals surface area contributed by atoms with Crippen LogP contribution in [0.5, 0.6) is 0 Å². The van der Waals surface area contributed by atoms with Crippen molar-refractivity contribution in [2.75, 3.05) is 18.1 Å². The minimum Gasteiger partial charge on any atom is -0.374 e. The highest BCUT2D eigenvalue weighted by atomic mass is 16.5. The molecule has 0 spiro atoms. The second-order valence-corrected chi connectivity index (χ2v) is 4.34. The number of anilines is 1. The smallest absolute Gasteiger partial charge is 0.0771 e. The summed E-state index contributed by atoms with van der Waals surface area (Å²) in [6, 6.07) is 9.38. The van der Waals surface area contributed by atoms with Gasteiger partial charge in [0.25, 0.3) is 0 Å². The van der Waals surface area contributed by atoms with Crippen molar-refractivity contribution >= 4 is 5.69 Å². The molecule has 2 atom stereocenters. The van der Waals surface area contributed by atoms with Gasteiger partial charge in [-0.25, -0.2) is 0 Å². The van der Waals surface area contributed by atoms with Crippen LogP contribution in [-0.2, 0) is 4.74 Å². The van der Waals surface area contributed by atoms with Crippen molar-refractivity contribution in [1.82, 2.24) is 0 Å². The zero-order valence-corrected chi connectivity index (χ0v) is 8.44. The molecule has 2 heterocycles. The number of ether oxygens (including phenoxy) is 1. The number of fused-ring (bicyclic) bond motifs is 2. The first-order valence-electron chi connectivity index (χ1n) is 5.28. The number of aryl methyl sites for hydroxylation is 1. The molecule has 2 aliphatic heterocycles. The van der Waals surface area contributed by atoms with Crippen molar-refractivity contribution < 1.29 is 4.74 Å². The Bertz CT molecular complexity index is 350. The van der Waals surface area contributed by atoms with Crippen LogP contribution < -0.4 is 4.90 Å². The topological polar surface area (TPSA) is 12.5 Å². The van der Waals surface area contributed by atoms with Gasteiger partial charge in [0.2, 0.25) is 0 Å². The molecule has 2 nitrogen and oxygen atoms in total. The van der Waals surface area contributed by atoms with Gasteiger partial charge < -0.3 is 9.64 Å². The van der Waals surface area contributed by atoms with Crippen LogP contribution in [0.25, 0.3) is 0 Å². The van der Waals surface area contributed by atoms with Gasteiger partial charge in [-0.15, -0.1) is 0 Å². The zero-order valence-electron chi connectivity index (χ0n) is 8.44. The highest BCUT2D eigenvalue weighted by Gasteiger charge is 2.38. The minimum atomic E-state index is 0.487. The van der Waals surface area contributed by atoms with E-state index in [1.54, 1.807) is 0 Å². The number of hydrogen-bond acceptors (Lipinski definition) is 2. The summed E-state index contributed by atoms with van der Waals surface area (Å²) in [7, 11) is 0.